The summed E-state index contributed by atoms with van der Waals surface area (Å²) in [4.78, 5) is 24.3. The van der Waals surface area contributed by atoms with Gasteiger partial charge in [0.1, 0.15) is 0 Å². The lowest BCUT2D eigenvalue weighted by Gasteiger charge is -2.24. The summed E-state index contributed by atoms with van der Waals surface area (Å²) in [6.07, 6.45) is -3.67. The first-order chi connectivity index (χ1) is 12.5. The lowest BCUT2D eigenvalue weighted by Crippen LogP contribution is -2.42. The maximum Gasteiger partial charge on any atom is 0.416 e. The number of benzene rings is 2. The van der Waals surface area contributed by atoms with Crippen molar-refractivity contribution in [2.45, 2.75) is 38.9 Å². The SMILES string of the molecule is CCC(C)(C)NC(=O)c1ccc(NC(=O)c2ccc(C(F)(F)F)cc2)cc1. The highest BCUT2D eigenvalue weighted by Gasteiger charge is 2.30. The van der Waals surface area contributed by atoms with Gasteiger partial charge in [-0.25, -0.2) is 0 Å². The number of hydrogen-bond acceptors (Lipinski definition) is 2. The van der Waals surface area contributed by atoms with Crippen LogP contribution in [-0.2, 0) is 6.18 Å². The minimum atomic E-state index is -4.45. The zero-order valence-electron chi connectivity index (χ0n) is 15.3. The molecule has 4 nitrogen and oxygen atoms in total. The smallest absolute Gasteiger partial charge is 0.347 e. The van der Waals surface area contributed by atoms with Crippen LogP contribution in [0.2, 0.25) is 0 Å². The van der Waals surface area contributed by atoms with Crippen molar-refractivity contribution in [1.82, 2.24) is 5.32 Å². The van der Waals surface area contributed by atoms with E-state index in [0.717, 1.165) is 30.7 Å². The average Bonchev–Trinajstić information content (AvgIpc) is 2.61. The number of anilines is 1. The van der Waals surface area contributed by atoms with E-state index in [-0.39, 0.29) is 17.0 Å². The van der Waals surface area contributed by atoms with Gasteiger partial charge in [-0.1, -0.05) is 6.92 Å². The predicted molar refractivity (Wildman–Crippen MR) is 97.7 cm³/mol. The van der Waals surface area contributed by atoms with Crippen LogP contribution in [0.1, 0.15) is 53.5 Å². The van der Waals surface area contributed by atoms with E-state index in [1.807, 2.05) is 20.8 Å². The molecule has 7 heteroatoms. The lowest BCUT2D eigenvalue weighted by atomic mass is 10.0. The predicted octanol–water partition coefficient (Wildman–Crippen LogP) is 4.88. The normalized spacial score (nSPS) is 11.8. The molecule has 0 aliphatic heterocycles. The molecule has 0 saturated heterocycles. The van der Waals surface area contributed by atoms with Crippen molar-refractivity contribution in [3.63, 3.8) is 0 Å². The van der Waals surface area contributed by atoms with Crippen LogP contribution in [0.3, 0.4) is 0 Å². The standard InChI is InChI=1S/C20H21F3N2O2/c1-4-19(2,3)25-18(27)14-7-11-16(12-8-14)24-17(26)13-5-9-15(10-6-13)20(21,22)23/h5-12H,4H2,1-3H3,(H,24,26)(H,25,27). The van der Waals surface area contributed by atoms with Gasteiger partial charge in [0.2, 0.25) is 0 Å². The third-order valence-corrected chi connectivity index (χ3v) is 4.22. The van der Waals surface area contributed by atoms with E-state index in [4.69, 9.17) is 0 Å². The molecule has 2 aromatic carbocycles. The molecule has 0 atom stereocenters. The molecule has 0 radical (unpaired) electrons. The van der Waals surface area contributed by atoms with Crippen molar-refractivity contribution >= 4 is 17.5 Å². The van der Waals surface area contributed by atoms with Crippen molar-refractivity contribution in [2.75, 3.05) is 5.32 Å². The van der Waals surface area contributed by atoms with Gasteiger partial charge in [-0.3, -0.25) is 9.59 Å². The summed E-state index contributed by atoms with van der Waals surface area (Å²) >= 11 is 0. The fraction of sp³-hybridized carbons (Fsp3) is 0.300. The molecule has 0 saturated carbocycles. The van der Waals surface area contributed by atoms with Crippen LogP contribution in [0.4, 0.5) is 18.9 Å². The number of carbonyl (C=O) groups excluding carboxylic acids is 2. The Morgan fingerprint density at radius 2 is 1.33 bits per heavy atom. The van der Waals surface area contributed by atoms with E-state index in [2.05, 4.69) is 10.6 Å². The van der Waals surface area contributed by atoms with Gasteiger partial charge in [-0.05, 0) is 68.8 Å². The third-order valence-electron chi connectivity index (χ3n) is 4.22. The minimum Gasteiger partial charge on any atom is -0.347 e. The number of hydrogen-bond donors (Lipinski definition) is 2. The highest BCUT2D eigenvalue weighted by atomic mass is 19.4. The molecular formula is C20H21F3N2O2. The summed E-state index contributed by atoms with van der Waals surface area (Å²) in [6.45, 7) is 5.81. The average molecular weight is 378 g/mol. The van der Waals surface area contributed by atoms with Gasteiger partial charge in [0.05, 0.1) is 5.56 Å². The lowest BCUT2D eigenvalue weighted by molar-refractivity contribution is -0.137. The number of halogens is 3. The van der Waals surface area contributed by atoms with Crippen LogP contribution in [0, 0.1) is 0 Å². The molecule has 2 aromatic rings. The number of carbonyl (C=O) groups is 2. The number of alkyl halides is 3. The van der Waals surface area contributed by atoms with Gasteiger partial charge >= 0.3 is 6.18 Å². The summed E-state index contributed by atoms with van der Waals surface area (Å²) in [5.41, 5.74) is -0.152. The fourth-order valence-electron chi connectivity index (χ4n) is 2.19. The van der Waals surface area contributed by atoms with Crippen molar-refractivity contribution in [3.8, 4) is 0 Å². The fourth-order valence-corrected chi connectivity index (χ4v) is 2.19. The van der Waals surface area contributed by atoms with Crippen molar-refractivity contribution in [3.05, 3.63) is 65.2 Å². The largest absolute Gasteiger partial charge is 0.416 e. The van der Waals surface area contributed by atoms with Gasteiger partial charge in [0, 0.05) is 22.4 Å². The Balaban J connectivity index is 2.03. The number of amides is 2. The van der Waals surface area contributed by atoms with Gasteiger partial charge in [0.25, 0.3) is 11.8 Å². The molecular weight excluding hydrogens is 357 g/mol. The van der Waals surface area contributed by atoms with Crippen LogP contribution in [0.15, 0.2) is 48.5 Å². The second-order valence-electron chi connectivity index (χ2n) is 6.80. The number of nitrogens with one attached hydrogen (secondary N) is 2. The van der Waals surface area contributed by atoms with E-state index >= 15 is 0 Å². The summed E-state index contributed by atoms with van der Waals surface area (Å²) < 4.78 is 37.7. The number of rotatable bonds is 5. The third kappa shape index (κ3) is 5.57. The second kappa shape index (κ2) is 7.82. The maximum absolute atomic E-state index is 12.6. The summed E-state index contributed by atoms with van der Waals surface area (Å²) in [6, 6.07) is 10.2. The van der Waals surface area contributed by atoms with Crippen LogP contribution >= 0.6 is 0 Å². The van der Waals surface area contributed by atoms with Crippen molar-refractivity contribution in [2.24, 2.45) is 0 Å². The zero-order valence-corrected chi connectivity index (χ0v) is 15.3. The molecule has 0 fully saturated rings. The Morgan fingerprint density at radius 1 is 0.852 bits per heavy atom. The van der Waals surface area contributed by atoms with E-state index in [1.54, 1.807) is 24.3 Å². The molecule has 144 valence electrons. The Bertz CT molecular complexity index is 811. The molecule has 0 heterocycles. The van der Waals surface area contributed by atoms with E-state index in [1.165, 1.54) is 0 Å². The molecule has 2 rings (SSSR count). The van der Waals surface area contributed by atoms with Gasteiger partial charge < -0.3 is 10.6 Å². The Labute approximate surface area is 155 Å². The Kier molecular flexibility index (Phi) is 5.93. The molecule has 0 spiro atoms. The molecule has 0 aliphatic rings. The molecule has 2 N–H and O–H groups in total. The van der Waals surface area contributed by atoms with Crippen molar-refractivity contribution in [1.29, 1.82) is 0 Å². The summed E-state index contributed by atoms with van der Waals surface area (Å²) in [7, 11) is 0. The monoisotopic (exact) mass is 378 g/mol. The minimum absolute atomic E-state index is 0.106. The molecule has 0 aromatic heterocycles. The first-order valence-electron chi connectivity index (χ1n) is 8.43. The zero-order chi connectivity index (χ0) is 20.2. The Morgan fingerprint density at radius 3 is 1.81 bits per heavy atom. The van der Waals surface area contributed by atoms with Crippen LogP contribution in [0.5, 0.6) is 0 Å². The second-order valence-corrected chi connectivity index (χ2v) is 6.80. The summed E-state index contributed by atoms with van der Waals surface area (Å²) in [5, 5.41) is 5.50. The molecule has 2 amide bonds. The quantitative estimate of drug-likeness (QED) is 0.779. The Hall–Kier alpha value is -2.83. The van der Waals surface area contributed by atoms with E-state index in [0.29, 0.717) is 11.3 Å². The topological polar surface area (TPSA) is 58.2 Å². The van der Waals surface area contributed by atoms with Crippen LogP contribution < -0.4 is 10.6 Å². The molecule has 0 bridgehead atoms. The van der Waals surface area contributed by atoms with Gasteiger partial charge in [0.15, 0.2) is 0 Å². The summed E-state index contributed by atoms with van der Waals surface area (Å²) in [5.74, 6) is -0.754. The molecule has 0 aliphatic carbocycles. The highest BCUT2D eigenvalue weighted by molar-refractivity contribution is 6.04. The first-order valence-corrected chi connectivity index (χ1v) is 8.43. The van der Waals surface area contributed by atoms with Crippen LogP contribution in [-0.4, -0.2) is 17.4 Å². The van der Waals surface area contributed by atoms with E-state index in [9.17, 15) is 22.8 Å². The van der Waals surface area contributed by atoms with Gasteiger partial charge in [-0.2, -0.15) is 13.2 Å². The molecule has 27 heavy (non-hydrogen) atoms. The van der Waals surface area contributed by atoms with Crippen LogP contribution in [0.25, 0.3) is 0 Å². The highest BCUT2D eigenvalue weighted by Crippen LogP contribution is 2.29. The van der Waals surface area contributed by atoms with Crippen molar-refractivity contribution < 1.29 is 22.8 Å². The van der Waals surface area contributed by atoms with E-state index < -0.39 is 17.6 Å². The maximum atomic E-state index is 12.6. The first kappa shape index (κ1) is 20.5. The van der Waals surface area contributed by atoms with Gasteiger partial charge in [-0.15, -0.1) is 0 Å². The molecule has 0 unspecified atom stereocenters.